The number of carbonyl (C=O) groups is 2. The second kappa shape index (κ2) is 8.01. The average Bonchev–Trinajstić information content (AvgIpc) is 3.51. The SMILES string of the molecule is NC(=O)c1ccc2ncc(-c3nn(CC(F)(F)F)c4cc(C(=O)N5CC6CCC(C5)O6)ncc34)n2c1. The molecule has 2 amide bonds. The van der Waals surface area contributed by atoms with Gasteiger partial charge < -0.3 is 15.4 Å². The number of amides is 2. The van der Waals surface area contributed by atoms with E-state index in [0.717, 1.165) is 17.5 Å². The van der Waals surface area contributed by atoms with Crippen LogP contribution in [0.3, 0.4) is 0 Å². The van der Waals surface area contributed by atoms with Crippen molar-refractivity contribution in [3.8, 4) is 11.4 Å². The Balaban J connectivity index is 1.46. The van der Waals surface area contributed by atoms with E-state index >= 15 is 0 Å². The van der Waals surface area contributed by atoms with Gasteiger partial charge in [0.2, 0.25) is 5.91 Å². The number of fused-ring (bicyclic) bond motifs is 4. The van der Waals surface area contributed by atoms with Crippen molar-refractivity contribution in [2.75, 3.05) is 13.1 Å². The third-order valence-corrected chi connectivity index (χ3v) is 6.55. The van der Waals surface area contributed by atoms with Gasteiger partial charge >= 0.3 is 6.18 Å². The molecule has 0 spiro atoms. The zero-order chi connectivity index (χ0) is 25.2. The van der Waals surface area contributed by atoms with Crippen LogP contribution >= 0.6 is 0 Å². The summed E-state index contributed by atoms with van der Waals surface area (Å²) in [7, 11) is 0. The Bertz CT molecular complexity index is 1510. The number of morpholine rings is 1. The zero-order valence-electron chi connectivity index (χ0n) is 18.8. The fourth-order valence-corrected chi connectivity index (χ4v) is 4.91. The van der Waals surface area contributed by atoms with Gasteiger partial charge in [-0.2, -0.15) is 18.3 Å². The highest BCUT2D eigenvalue weighted by atomic mass is 19.4. The maximum atomic E-state index is 13.4. The molecule has 4 aromatic rings. The first-order valence-corrected chi connectivity index (χ1v) is 11.3. The van der Waals surface area contributed by atoms with Gasteiger partial charge in [-0.25, -0.2) is 4.98 Å². The normalized spacial score (nSPS) is 19.9. The predicted molar refractivity (Wildman–Crippen MR) is 120 cm³/mol. The Kier molecular flexibility index (Phi) is 5.00. The van der Waals surface area contributed by atoms with Crippen LogP contribution in [0, 0.1) is 0 Å². The van der Waals surface area contributed by atoms with E-state index in [1.807, 2.05) is 0 Å². The second-order valence-corrected chi connectivity index (χ2v) is 9.03. The monoisotopic (exact) mass is 499 g/mol. The second-order valence-electron chi connectivity index (χ2n) is 9.03. The van der Waals surface area contributed by atoms with Gasteiger partial charge in [0.1, 0.15) is 23.6 Å². The first kappa shape index (κ1) is 22.5. The molecule has 2 atom stereocenters. The summed E-state index contributed by atoms with van der Waals surface area (Å²) in [6, 6.07) is 4.42. The number of halogens is 3. The number of likely N-dealkylation sites (tertiary alicyclic amines) is 1. The molecule has 6 heterocycles. The molecule has 2 N–H and O–H groups in total. The van der Waals surface area contributed by atoms with Gasteiger partial charge in [0, 0.05) is 30.9 Å². The number of ether oxygens (including phenoxy) is 1. The van der Waals surface area contributed by atoms with Crippen molar-refractivity contribution in [3.63, 3.8) is 0 Å². The minimum atomic E-state index is -4.55. The van der Waals surface area contributed by atoms with Crippen molar-refractivity contribution >= 4 is 28.4 Å². The van der Waals surface area contributed by atoms with Gasteiger partial charge in [-0.1, -0.05) is 0 Å². The third-order valence-electron chi connectivity index (χ3n) is 6.55. The molecule has 10 nitrogen and oxygen atoms in total. The molecule has 2 saturated heterocycles. The lowest BCUT2D eigenvalue weighted by molar-refractivity contribution is -0.141. The summed E-state index contributed by atoms with van der Waals surface area (Å²) in [5, 5.41) is 4.53. The summed E-state index contributed by atoms with van der Waals surface area (Å²) in [5.74, 6) is -1.02. The third kappa shape index (κ3) is 3.85. The van der Waals surface area contributed by atoms with Crippen LogP contribution in [-0.4, -0.2) is 72.3 Å². The number of pyridine rings is 2. The topological polar surface area (TPSA) is 121 Å². The van der Waals surface area contributed by atoms with Crippen LogP contribution in [0.25, 0.3) is 27.9 Å². The Morgan fingerprint density at radius 2 is 1.86 bits per heavy atom. The van der Waals surface area contributed by atoms with Crippen LogP contribution in [0.2, 0.25) is 0 Å². The maximum absolute atomic E-state index is 13.4. The molecule has 2 fully saturated rings. The Labute approximate surface area is 201 Å². The van der Waals surface area contributed by atoms with Gasteiger partial charge in [0.25, 0.3) is 5.91 Å². The van der Waals surface area contributed by atoms with E-state index in [1.165, 1.54) is 35.1 Å². The lowest BCUT2D eigenvalue weighted by Gasteiger charge is -2.31. The number of nitrogens with two attached hydrogens (primary N) is 1. The first-order valence-electron chi connectivity index (χ1n) is 11.3. The largest absolute Gasteiger partial charge is 0.408 e. The number of nitrogens with zero attached hydrogens (tertiary/aromatic N) is 6. The smallest absolute Gasteiger partial charge is 0.371 e. The summed E-state index contributed by atoms with van der Waals surface area (Å²) >= 11 is 0. The van der Waals surface area contributed by atoms with Gasteiger partial charge in [-0.3, -0.25) is 23.7 Å². The van der Waals surface area contributed by atoms with E-state index in [1.54, 1.807) is 11.0 Å². The van der Waals surface area contributed by atoms with Crippen LogP contribution in [0.5, 0.6) is 0 Å². The van der Waals surface area contributed by atoms with Gasteiger partial charge in [-0.05, 0) is 31.0 Å². The summed E-state index contributed by atoms with van der Waals surface area (Å²) in [5.41, 5.74) is 6.71. The molecule has 0 aliphatic carbocycles. The zero-order valence-corrected chi connectivity index (χ0v) is 18.8. The number of primary amides is 1. The number of carbonyl (C=O) groups excluding carboxylic acids is 2. The fourth-order valence-electron chi connectivity index (χ4n) is 4.91. The highest BCUT2D eigenvalue weighted by Crippen LogP contribution is 2.32. The molecule has 2 unspecified atom stereocenters. The van der Waals surface area contributed by atoms with E-state index in [4.69, 9.17) is 10.5 Å². The van der Waals surface area contributed by atoms with Crippen LogP contribution in [-0.2, 0) is 11.3 Å². The van der Waals surface area contributed by atoms with Crippen LogP contribution in [0.4, 0.5) is 13.2 Å². The minimum absolute atomic E-state index is 0.0285. The molecule has 0 saturated carbocycles. The van der Waals surface area contributed by atoms with Crippen molar-refractivity contribution in [3.05, 3.63) is 48.0 Å². The van der Waals surface area contributed by atoms with E-state index in [9.17, 15) is 22.8 Å². The van der Waals surface area contributed by atoms with Gasteiger partial charge in [-0.15, -0.1) is 0 Å². The Morgan fingerprint density at radius 1 is 1.11 bits per heavy atom. The molecular formula is C23H20F3N7O3. The quantitative estimate of drug-likeness (QED) is 0.461. The van der Waals surface area contributed by atoms with Crippen molar-refractivity contribution in [1.82, 2.24) is 29.0 Å². The molecular weight excluding hydrogens is 479 g/mol. The van der Waals surface area contributed by atoms with E-state index in [0.29, 0.717) is 29.8 Å². The van der Waals surface area contributed by atoms with E-state index < -0.39 is 18.6 Å². The fraction of sp³-hybridized carbons (Fsp3) is 0.348. The van der Waals surface area contributed by atoms with Crippen molar-refractivity contribution in [2.45, 2.75) is 37.8 Å². The number of alkyl halides is 3. The summed E-state index contributed by atoms with van der Waals surface area (Å²) < 4.78 is 48.4. The molecule has 4 aromatic heterocycles. The highest BCUT2D eigenvalue weighted by Gasteiger charge is 2.37. The Morgan fingerprint density at radius 3 is 2.56 bits per heavy atom. The maximum Gasteiger partial charge on any atom is 0.408 e. The van der Waals surface area contributed by atoms with E-state index in [2.05, 4.69) is 15.1 Å². The van der Waals surface area contributed by atoms with Crippen molar-refractivity contribution in [2.24, 2.45) is 5.73 Å². The first-order chi connectivity index (χ1) is 17.2. The summed E-state index contributed by atoms with van der Waals surface area (Å²) in [4.78, 5) is 35.0. The number of hydrogen-bond donors (Lipinski definition) is 1. The standard InChI is InChI=1S/C23H20F3N7O3/c24-23(25,26)11-33-17-5-16(22(35)31-9-13-2-3-14(10-31)36-13)28-6-15(17)20(30-33)18-7-29-19-4-1-12(21(27)34)8-32(18)19/h1,4-8,13-14H,2-3,9-11H2,(H2,27,34). The lowest BCUT2D eigenvalue weighted by atomic mass is 10.2. The van der Waals surface area contributed by atoms with Crippen molar-refractivity contribution in [1.29, 1.82) is 0 Å². The molecule has 2 aliphatic rings. The van der Waals surface area contributed by atoms with Crippen LogP contribution in [0.15, 0.2) is 36.8 Å². The molecule has 186 valence electrons. The Hall–Kier alpha value is -4.00. The van der Waals surface area contributed by atoms with Crippen LogP contribution in [0.1, 0.15) is 33.7 Å². The highest BCUT2D eigenvalue weighted by molar-refractivity contribution is 5.99. The molecule has 36 heavy (non-hydrogen) atoms. The number of aromatic nitrogens is 5. The molecule has 2 aliphatic heterocycles. The molecule has 0 aromatic carbocycles. The summed E-state index contributed by atoms with van der Waals surface area (Å²) in [6.45, 7) is -0.510. The molecule has 0 radical (unpaired) electrons. The van der Waals surface area contributed by atoms with Gasteiger partial charge in [0.05, 0.1) is 35.2 Å². The minimum Gasteiger partial charge on any atom is -0.371 e. The summed E-state index contributed by atoms with van der Waals surface area (Å²) in [6.07, 6.45) is 1.39. The molecule has 6 rings (SSSR count). The van der Waals surface area contributed by atoms with Gasteiger partial charge in [0.15, 0.2) is 0 Å². The number of hydrogen-bond acceptors (Lipinski definition) is 6. The lowest BCUT2D eigenvalue weighted by Crippen LogP contribution is -2.46. The van der Waals surface area contributed by atoms with E-state index in [-0.39, 0.29) is 40.6 Å². The molecule has 2 bridgehead atoms. The van der Waals surface area contributed by atoms with Crippen molar-refractivity contribution < 1.29 is 27.5 Å². The predicted octanol–water partition coefficient (Wildman–Crippen LogP) is 2.41. The average molecular weight is 499 g/mol. The molecule has 13 heteroatoms. The number of rotatable bonds is 4. The number of imidazole rings is 1. The van der Waals surface area contributed by atoms with Crippen LogP contribution < -0.4 is 5.73 Å².